The maximum atomic E-state index is 13.9. The van der Waals surface area contributed by atoms with E-state index in [4.69, 9.17) is 0 Å². The Morgan fingerprint density at radius 2 is 1.90 bits per heavy atom. The molecule has 0 aromatic heterocycles. The van der Waals surface area contributed by atoms with E-state index in [1.807, 2.05) is 0 Å². The number of amides is 1. The summed E-state index contributed by atoms with van der Waals surface area (Å²) in [5.74, 6) is -1.25. The molecule has 1 aliphatic rings. The summed E-state index contributed by atoms with van der Waals surface area (Å²) >= 11 is 0. The van der Waals surface area contributed by atoms with E-state index in [2.05, 4.69) is 20.4 Å². The van der Waals surface area contributed by atoms with Crippen LogP contribution in [0.25, 0.3) is 6.08 Å². The van der Waals surface area contributed by atoms with Gasteiger partial charge in [0.05, 0.1) is 6.42 Å². The minimum atomic E-state index is -0.558. The lowest BCUT2D eigenvalue weighted by atomic mass is 9.82. The van der Waals surface area contributed by atoms with E-state index in [1.165, 1.54) is 6.08 Å². The topological polar surface area (TPSA) is 20.3 Å². The van der Waals surface area contributed by atoms with E-state index in [0.717, 1.165) is 25.0 Å². The molecule has 4 heteroatoms. The molecule has 1 aromatic rings. The average Bonchev–Trinajstić information content (AvgIpc) is 2.42. The minimum absolute atomic E-state index is 0.0966. The summed E-state index contributed by atoms with van der Waals surface area (Å²) < 4.78 is 27.5. The highest BCUT2D eigenvalue weighted by molar-refractivity contribution is 5.79. The predicted molar refractivity (Wildman–Crippen MR) is 79.7 cm³/mol. The monoisotopic (exact) mass is 293 g/mol. The SMILES string of the molecule is C=Cc1cc(F)c(CC(=O)N2CCC(C)(C)CC2)cc1F. The van der Waals surface area contributed by atoms with Crippen LogP contribution in [0.1, 0.15) is 37.8 Å². The van der Waals surface area contributed by atoms with Gasteiger partial charge in [0.1, 0.15) is 11.6 Å². The Labute approximate surface area is 124 Å². The van der Waals surface area contributed by atoms with Crippen molar-refractivity contribution in [2.75, 3.05) is 13.1 Å². The Morgan fingerprint density at radius 3 is 2.48 bits per heavy atom. The van der Waals surface area contributed by atoms with Gasteiger partial charge in [0.2, 0.25) is 5.91 Å². The smallest absolute Gasteiger partial charge is 0.227 e. The third kappa shape index (κ3) is 3.69. The molecule has 0 N–H and O–H groups in total. The van der Waals surface area contributed by atoms with Crippen LogP contribution in [0.4, 0.5) is 8.78 Å². The van der Waals surface area contributed by atoms with E-state index in [-0.39, 0.29) is 28.9 Å². The number of likely N-dealkylation sites (tertiary alicyclic amines) is 1. The minimum Gasteiger partial charge on any atom is -0.342 e. The van der Waals surface area contributed by atoms with Gasteiger partial charge in [-0.2, -0.15) is 0 Å². The van der Waals surface area contributed by atoms with Gasteiger partial charge in [-0.3, -0.25) is 4.79 Å². The molecule has 1 amide bonds. The molecule has 0 spiro atoms. The standard InChI is InChI=1S/C17H21F2NO/c1-4-12-9-15(19)13(10-14(12)18)11-16(21)20-7-5-17(2,3)6-8-20/h4,9-10H,1,5-8,11H2,2-3H3. The van der Waals surface area contributed by atoms with Crippen LogP contribution in [0.5, 0.6) is 0 Å². The van der Waals surface area contributed by atoms with E-state index >= 15 is 0 Å². The normalized spacial score (nSPS) is 17.6. The maximum Gasteiger partial charge on any atom is 0.227 e. The van der Waals surface area contributed by atoms with Crippen LogP contribution >= 0.6 is 0 Å². The summed E-state index contributed by atoms with van der Waals surface area (Å²) in [4.78, 5) is 14.0. The van der Waals surface area contributed by atoms with E-state index in [1.54, 1.807) is 4.90 Å². The zero-order chi connectivity index (χ0) is 15.6. The predicted octanol–water partition coefficient (Wildman–Crippen LogP) is 3.80. The highest BCUT2D eigenvalue weighted by Crippen LogP contribution is 2.30. The summed E-state index contributed by atoms with van der Waals surface area (Å²) in [5, 5.41) is 0. The summed E-state index contributed by atoms with van der Waals surface area (Å²) in [7, 11) is 0. The number of carbonyl (C=O) groups excluding carboxylic acids is 1. The second kappa shape index (κ2) is 5.96. The van der Waals surface area contributed by atoms with Crippen molar-refractivity contribution in [1.82, 2.24) is 4.90 Å². The molecular formula is C17H21F2NO. The number of carbonyl (C=O) groups is 1. The molecule has 1 fully saturated rings. The van der Waals surface area contributed by atoms with Gasteiger partial charge in [-0.25, -0.2) is 8.78 Å². The molecule has 1 aliphatic heterocycles. The lowest BCUT2D eigenvalue weighted by Gasteiger charge is -2.37. The first-order valence-electron chi connectivity index (χ1n) is 7.20. The molecule has 0 atom stereocenters. The fourth-order valence-corrected chi connectivity index (χ4v) is 2.53. The fraction of sp³-hybridized carbons (Fsp3) is 0.471. The third-order valence-corrected chi connectivity index (χ3v) is 4.20. The average molecular weight is 293 g/mol. The van der Waals surface area contributed by atoms with Gasteiger partial charge < -0.3 is 4.90 Å². The zero-order valence-electron chi connectivity index (χ0n) is 12.6. The van der Waals surface area contributed by atoms with Crippen LogP contribution in [0, 0.1) is 17.0 Å². The first-order valence-corrected chi connectivity index (χ1v) is 7.20. The number of benzene rings is 1. The number of piperidine rings is 1. The number of rotatable bonds is 3. The van der Waals surface area contributed by atoms with Gasteiger partial charge in [-0.1, -0.05) is 26.5 Å². The highest BCUT2D eigenvalue weighted by atomic mass is 19.1. The first-order chi connectivity index (χ1) is 9.82. The van der Waals surface area contributed by atoms with Crippen molar-refractivity contribution >= 4 is 12.0 Å². The number of nitrogens with zero attached hydrogens (tertiary/aromatic N) is 1. The fourth-order valence-electron chi connectivity index (χ4n) is 2.53. The second-order valence-corrected chi connectivity index (χ2v) is 6.39. The van der Waals surface area contributed by atoms with Gasteiger partial charge in [0, 0.05) is 24.2 Å². The molecule has 2 nitrogen and oxygen atoms in total. The lowest BCUT2D eigenvalue weighted by molar-refractivity contribution is -0.132. The van der Waals surface area contributed by atoms with Crippen molar-refractivity contribution in [2.24, 2.45) is 5.41 Å². The summed E-state index contributed by atoms with van der Waals surface area (Å²) in [6.07, 6.45) is 3.04. The Kier molecular flexibility index (Phi) is 4.45. The van der Waals surface area contributed by atoms with Crippen LogP contribution in [-0.4, -0.2) is 23.9 Å². The van der Waals surface area contributed by atoms with Gasteiger partial charge in [0.15, 0.2) is 0 Å². The molecule has 1 aromatic carbocycles. The van der Waals surface area contributed by atoms with Gasteiger partial charge in [-0.15, -0.1) is 0 Å². The summed E-state index contributed by atoms with van der Waals surface area (Å²) in [5.41, 5.74) is 0.469. The molecule has 0 aliphatic carbocycles. The van der Waals surface area contributed by atoms with Crippen molar-refractivity contribution in [3.8, 4) is 0 Å². The summed E-state index contributed by atoms with van der Waals surface area (Å²) in [6.45, 7) is 9.15. The number of hydrogen-bond donors (Lipinski definition) is 0. The Hall–Kier alpha value is -1.71. The number of halogens is 2. The Morgan fingerprint density at radius 1 is 1.29 bits per heavy atom. The van der Waals surface area contributed by atoms with E-state index in [0.29, 0.717) is 13.1 Å². The van der Waals surface area contributed by atoms with Crippen LogP contribution in [0.3, 0.4) is 0 Å². The Bertz CT molecular complexity index is 556. The van der Waals surface area contributed by atoms with Crippen molar-refractivity contribution in [1.29, 1.82) is 0 Å². The van der Waals surface area contributed by atoms with Crippen molar-refractivity contribution in [3.05, 3.63) is 41.5 Å². The molecule has 21 heavy (non-hydrogen) atoms. The van der Waals surface area contributed by atoms with Crippen molar-refractivity contribution < 1.29 is 13.6 Å². The summed E-state index contributed by atoms with van der Waals surface area (Å²) in [6, 6.07) is 2.18. The van der Waals surface area contributed by atoms with Gasteiger partial charge in [-0.05, 0) is 30.4 Å². The van der Waals surface area contributed by atoms with Crippen molar-refractivity contribution in [3.63, 3.8) is 0 Å². The quantitative estimate of drug-likeness (QED) is 0.830. The van der Waals surface area contributed by atoms with E-state index < -0.39 is 11.6 Å². The molecule has 0 unspecified atom stereocenters. The molecule has 1 saturated heterocycles. The van der Waals surface area contributed by atoms with Gasteiger partial charge >= 0.3 is 0 Å². The van der Waals surface area contributed by atoms with Gasteiger partial charge in [0.25, 0.3) is 0 Å². The Balaban J connectivity index is 2.07. The molecule has 1 heterocycles. The number of hydrogen-bond acceptors (Lipinski definition) is 1. The van der Waals surface area contributed by atoms with Crippen LogP contribution in [-0.2, 0) is 11.2 Å². The lowest BCUT2D eigenvalue weighted by Crippen LogP contribution is -2.41. The third-order valence-electron chi connectivity index (χ3n) is 4.20. The van der Waals surface area contributed by atoms with Crippen LogP contribution in [0.2, 0.25) is 0 Å². The molecule has 114 valence electrons. The van der Waals surface area contributed by atoms with Crippen LogP contribution in [0.15, 0.2) is 18.7 Å². The molecule has 0 radical (unpaired) electrons. The first kappa shape index (κ1) is 15.7. The maximum absolute atomic E-state index is 13.9. The molecule has 0 saturated carbocycles. The van der Waals surface area contributed by atoms with Crippen LogP contribution < -0.4 is 0 Å². The zero-order valence-corrected chi connectivity index (χ0v) is 12.6. The molecule has 2 rings (SSSR count). The highest BCUT2D eigenvalue weighted by Gasteiger charge is 2.28. The van der Waals surface area contributed by atoms with E-state index in [9.17, 15) is 13.6 Å². The second-order valence-electron chi connectivity index (χ2n) is 6.39. The van der Waals surface area contributed by atoms with Crippen molar-refractivity contribution in [2.45, 2.75) is 33.1 Å². The molecule has 0 bridgehead atoms. The molecular weight excluding hydrogens is 272 g/mol. The largest absolute Gasteiger partial charge is 0.342 e.